The molecule has 0 aromatic heterocycles. The van der Waals surface area contributed by atoms with Crippen LogP contribution in [-0.2, 0) is 0 Å². The molecule has 1 fully saturated rings. The van der Waals surface area contributed by atoms with E-state index in [2.05, 4.69) is 5.32 Å². The maximum atomic E-state index is 13.5. The molecular formula is C11H15FN2. The Balaban J connectivity index is 2.25. The highest BCUT2D eigenvalue weighted by Crippen LogP contribution is 2.23. The molecule has 2 atom stereocenters. The van der Waals surface area contributed by atoms with Gasteiger partial charge in [-0.3, -0.25) is 0 Å². The predicted octanol–water partition coefficient (Wildman–Crippen LogP) is 1.58. The summed E-state index contributed by atoms with van der Waals surface area (Å²) >= 11 is 0. The number of piperidine rings is 1. The average Bonchev–Trinajstić information content (AvgIpc) is 2.20. The van der Waals surface area contributed by atoms with E-state index in [4.69, 9.17) is 5.73 Å². The third-order valence-corrected chi connectivity index (χ3v) is 2.75. The van der Waals surface area contributed by atoms with E-state index >= 15 is 0 Å². The maximum absolute atomic E-state index is 13.5. The molecule has 0 spiro atoms. The van der Waals surface area contributed by atoms with Crippen LogP contribution in [0.4, 0.5) is 4.39 Å². The Kier molecular flexibility index (Phi) is 2.79. The van der Waals surface area contributed by atoms with Crippen LogP contribution in [0.5, 0.6) is 0 Å². The molecule has 76 valence electrons. The normalized spacial score (nSPS) is 27.6. The van der Waals surface area contributed by atoms with Crippen molar-refractivity contribution in [2.24, 2.45) is 5.73 Å². The fourth-order valence-corrected chi connectivity index (χ4v) is 1.98. The first-order valence-electron chi connectivity index (χ1n) is 5.02. The Morgan fingerprint density at radius 3 is 2.86 bits per heavy atom. The van der Waals surface area contributed by atoms with E-state index in [1.54, 1.807) is 12.1 Å². The molecule has 1 aliphatic rings. The summed E-state index contributed by atoms with van der Waals surface area (Å²) in [5.41, 5.74) is 6.64. The minimum atomic E-state index is -0.164. The molecule has 1 aromatic carbocycles. The molecule has 3 N–H and O–H groups in total. The lowest BCUT2D eigenvalue weighted by Crippen LogP contribution is -2.43. The summed E-state index contributed by atoms with van der Waals surface area (Å²) in [5.74, 6) is -0.164. The number of halogens is 1. The largest absolute Gasteiger partial charge is 0.326 e. The van der Waals surface area contributed by atoms with Crippen LogP contribution < -0.4 is 11.1 Å². The van der Waals surface area contributed by atoms with Crippen LogP contribution in [0.25, 0.3) is 0 Å². The van der Waals surface area contributed by atoms with E-state index < -0.39 is 0 Å². The van der Waals surface area contributed by atoms with Crippen molar-refractivity contribution in [3.63, 3.8) is 0 Å². The van der Waals surface area contributed by atoms with Gasteiger partial charge < -0.3 is 11.1 Å². The topological polar surface area (TPSA) is 38.0 Å². The fourth-order valence-electron chi connectivity index (χ4n) is 1.98. The van der Waals surface area contributed by atoms with Crippen molar-refractivity contribution < 1.29 is 4.39 Å². The van der Waals surface area contributed by atoms with Gasteiger partial charge in [0.15, 0.2) is 0 Å². The van der Waals surface area contributed by atoms with Crippen molar-refractivity contribution in [2.45, 2.75) is 24.9 Å². The van der Waals surface area contributed by atoms with Crippen LogP contribution in [0.15, 0.2) is 24.3 Å². The van der Waals surface area contributed by atoms with Gasteiger partial charge in [0.25, 0.3) is 0 Å². The van der Waals surface area contributed by atoms with Gasteiger partial charge in [0, 0.05) is 11.6 Å². The first-order chi connectivity index (χ1) is 6.79. The maximum Gasteiger partial charge on any atom is 0.128 e. The highest BCUT2D eigenvalue weighted by atomic mass is 19.1. The van der Waals surface area contributed by atoms with Gasteiger partial charge >= 0.3 is 0 Å². The minimum Gasteiger partial charge on any atom is -0.326 e. The number of hydrogen-bond acceptors (Lipinski definition) is 2. The van der Waals surface area contributed by atoms with Crippen molar-refractivity contribution >= 4 is 0 Å². The highest BCUT2D eigenvalue weighted by molar-refractivity contribution is 5.23. The Labute approximate surface area is 83.3 Å². The third-order valence-electron chi connectivity index (χ3n) is 2.75. The Morgan fingerprint density at radius 2 is 2.14 bits per heavy atom. The van der Waals surface area contributed by atoms with Gasteiger partial charge in [-0.05, 0) is 25.5 Å². The molecule has 1 aromatic rings. The zero-order valence-electron chi connectivity index (χ0n) is 8.04. The summed E-state index contributed by atoms with van der Waals surface area (Å²) in [4.78, 5) is 0. The first-order valence-corrected chi connectivity index (χ1v) is 5.02. The van der Waals surface area contributed by atoms with E-state index in [-0.39, 0.29) is 17.9 Å². The monoisotopic (exact) mass is 194 g/mol. The second-order valence-corrected chi connectivity index (χ2v) is 3.76. The van der Waals surface area contributed by atoms with Crippen molar-refractivity contribution in [1.82, 2.24) is 5.32 Å². The van der Waals surface area contributed by atoms with Crippen molar-refractivity contribution in [2.75, 3.05) is 6.54 Å². The Hall–Kier alpha value is -0.930. The Morgan fingerprint density at radius 1 is 1.36 bits per heavy atom. The molecular weight excluding hydrogens is 179 g/mol. The number of hydrogen-bond donors (Lipinski definition) is 2. The molecule has 3 heteroatoms. The molecule has 0 amide bonds. The van der Waals surface area contributed by atoms with Gasteiger partial charge in [-0.25, -0.2) is 4.39 Å². The van der Waals surface area contributed by atoms with Crippen LogP contribution in [-0.4, -0.2) is 12.6 Å². The summed E-state index contributed by atoms with van der Waals surface area (Å²) in [6.07, 6.45) is 2.04. The van der Waals surface area contributed by atoms with Gasteiger partial charge in [-0.15, -0.1) is 0 Å². The van der Waals surface area contributed by atoms with Crippen molar-refractivity contribution in [1.29, 1.82) is 0 Å². The summed E-state index contributed by atoms with van der Waals surface area (Å²) in [7, 11) is 0. The average molecular weight is 194 g/mol. The molecule has 14 heavy (non-hydrogen) atoms. The molecule has 0 bridgehead atoms. The van der Waals surface area contributed by atoms with Gasteiger partial charge in [0.05, 0.1) is 6.04 Å². The highest BCUT2D eigenvalue weighted by Gasteiger charge is 2.24. The lowest BCUT2D eigenvalue weighted by atomic mass is 9.93. The van der Waals surface area contributed by atoms with Gasteiger partial charge in [-0.1, -0.05) is 18.2 Å². The summed E-state index contributed by atoms with van der Waals surface area (Å²) in [6, 6.07) is 6.84. The molecule has 2 nitrogen and oxygen atoms in total. The van der Waals surface area contributed by atoms with E-state index in [0.29, 0.717) is 5.56 Å². The molecule has 0 saturated carbocycles. The van der Waals surface area contributed by atoms with Gasteiger partial charge in [0.1, 0.15) is 5.82 Å². The van der Waals surface area contributed by atoms with E-state index in [0.717, 1.165) is 19.4 Å². The third kappa shape index (κ3) is 1.79. The first kappa shape index (κ1) is 9.62. The molecule has 2 rings (SSSR count). The molecule has 0 aliphatic carbocycles. The minimum absolute atomic E-state index is 0.0232. The molecule has 0 unspecified atom stereocenters. The van der Waals surface area contributed by atoms with Crippen LogP contribution in [0.2, 0.25) is 0 Å². The van der Waals surface area contributed by atoms with E-state index in [9.17, 15) is 4.39 Å². The zero-order chi connectivity index (χ0) is 9.97. The summed E-state index contributed by atoms with van der Waals surface area (Å²) in [5, 5.41) is 3.26. The van der Waals surface area contributed by atoms with Crippen LogP contribution in [0, 0.1) is 5.82 Å². The van der Waals surface area contributed by atoms with Crippen molar-refractivity contribution in [3.05, 3.63) is 35.6 Å². The molecule has 1 saturated heterocycles. The predicted molar refractivity (Wildman–Crippen MR) is 54.4 cm³/mol. The number of nitrogens with one attached hydrogen (secondary N) is 1. The molecule has 0 radical (unpaired) electrons. The second-order valence-electron chi connectivity index (χ2n) is 3.76. The van der Waals surface area contributed by atoms with Crippen molar-refractivity contribution in [3.8, 4) is 0 Å². The molecule has 1 aliphatic heterocycles. The Bertz CT molecular complexity index is 314. The SMILES string of the molecule is N[C@@H]1CCCN[C@H]1c1ccccc1F. The van der Waals surface area contributed by atoms with Gasteiger partial charge in [-0.2, -0.15) is 0 Å². The fraction of sp³-hybridized carbons (Fsp3) is 0.455. The number of rotatable bonds is 1. The number of nitrogens with two attached hydrogens (primary N) is 1. The lowest BCUT2D eigenvalue weighted by Gasteiger charge is -2.30. The number of benzene rings is 1. The quantitative estimate of drug-likeness (QED) is 0.712. The second kappa shape index (κ2) is 4.07. The summed E-state index contributed by atoms with van der Waals surface area (Å²) in [6.45, 7) is 0.923. The van der Waals surface area contributed by atoms with Gasteiger partial charge in [0.2, 0.25) is 0 Å². The van der Waals surface area contributed by atoms with Crippen LogP contribution in [0.1, 0.15) is 24.4 Å². The smallest absolute Gasteiger partial charge is 0.128 e. The summed E-state index contributed by atoms with van der Waals surface area (Å²) < 4.78 is 13.5. The standard InChI is InChI=1S/C11H15FN2/c12-9-5-2-1-4-8(9)11-10(13)6-3-7-14-11/h1-2,4-5,10-11,14H,3,6-7,13H2/t10-,11+/m1/s1. The van der Waals surface area contributed by atoms with Crippen LogP contribution in [0.3, 0.4) is 0 Å². The molecule has 1 heterocycles. The van der Waals surface area contributed by atoms with Crippen LogP contribution >= 0.6 is 0 Å². The van der Waals surface area contributed by atoms with E-state index in [1.165, 1.54) is 6.07 Å². The van der Waals surface area contributed by atoms with E-state index in [1.807, 2.05) is 6.07 Å². The zero-order valence-corrected chi connectivity index (χ0v) is 8.04. The lowest BCUT2D eigenvalue weighted by molar-refractivity contribution is 0.349.